The Morgan fingerprint density at radius 3 is 2.33 bits per heavy atom. The zero-order valence-electron chi connectivity index (χ0n) is 18.4. The van der Waals surface area contributed by atoms with Gasteiger partial charge in [0.05, 0.1) is 16.9 Å². The van der Waals surface area contributed by atoms with Crippen molar-refractivity contribution in [1.82, 2.24) is 4.98 Å². The highest BCUT2D eigenvalue weighted by molar-refractivity contribution is 7.13. The molecule has 0 aliphatic carbocycles. The number of halogens is 3. The predicted octanol–water partition coefficient (Wildman–Crippen LogP) is 6.79. The van der Waals surface area contributed by atoms with Crippen LogP contribution < -0.4 is 0 Å². The van der Waals surface area contributed by atoms with Crippen molar-refractivity contribution in [2.75, 3.05) is 0 Å². The zero-order chi connectivity index (χ0) is 22.9. The van der Waals surface area contributed by atoms with Gasteiger partial charge in [0, 0.05) is 28.4 Å². The first-order valence-corrected chi connectivity index (χ1v) is 10.6. The first-order valence-electron chi connectivity index (χ1n) is 9.73. The minimum atomic E-state index is -4.69. The van der Waals surface area contributed by atoms with Gasteiger partial charge in [-0.05, 0) is 53.5 Å². The average molecular weight is 443 g/mol. The standard InChI is InChI=1S/C22H29F3N2O2S/c1-8-13(2)27-17-14(3)15(19-26-11-12-30-19)9-10-16(17)18(22(23,24)25)29-21(6,7)20(4,5)28/h9-12,18,28H,8H2,1-7H3/b27-13-. The molecule has 1 heterocycles. The number of hydrogen-bond acceptors (Lipinski definition) is 5. The lowest BCUT2D eigenvalue weighted by molar-refractivity contribution is -0.276. The summed E-state index contributed by atoms with van der Waals surface area (Å²) in [6, 6.07) is 3.03. The number of alkyl halides is 3. The predicted molar refractivity (Wildman–Crippen MR) is 116 cm³/mol. The van der Waals surface area contributed by atoms with Gasteiger partial charge in [0.1, 0.15) is 5.01 Å². The number of aliphatic hydroxyl groups is 1. The van der Waals surface area contributed by atoms with Crippen LogP contribution in [0.5, 0.6) is 0 Å². The molecule has 0 spiro atoms. The Hall–Kier alpha value is -1.77. The summed E-state index contributed by atoms with van der Waals surface area (Å²) in [4.78, 5) is 8.81. The molecule has 1 atom stereocenters. The maximum atomic E-state index is 14.2. The van der Waals surface area contributed by atoms with E-state index >= 15 is 0 Å². The van der Waals surface area contributed by atoms with E-state index in [1.54, 1.807) is 26.1 Å². The third-order valence-corrected chi connectivity index (χ3v) is 6.21. The minimum absolute atomic E-state index is 0.0783. The molecule has 0 aliphatic rings. The molecule has 1 aromatic carbocycles. The molecule has 1 unspecified atom stereocenters. The van der Waals surface area contributed by atoms with E-state index < -0.39 is 23.5 Å². The van der Waals surface area contributed by atoms with E-state index in [1.165, 1.54) is 45.1 Å². The van der Waals surface area contributed by atoms with Crippen molar-refractivity contribution in [3.05, 3.63) is 34.8 Å². The summed E-state index contributed by atoms with van der Waals surface area (Å²) in [5, 5.41) is 12.9. The van der Waals surface area contributed by atoms with Crippen LogP contribution in [0.1, 0.15) is 65.2 Å². The van der Waals surface area contributed by atoms with Crippen molar-refractivity contribution < 1.29 is 23.0 Å². The van der Waals surface area contributed by atoms with Gasteiger partial charge in [0.15, 0.2) is 6.10 Å². The van der Waals surface area contributed by atoms with Crippen molar-refractivity contribution in [3.63, 3.8) is 0 Å². The van der Waals surface area contributed by atoms with Crippen molar-refractivity contribution >= 4 is 22.7 Å². The topological polar surface area (TPSA) is 54.7 Å². The number of benzene rings is 1. The third-order valence-electron chi connectivity index (χ3n) is 5.40. The van der Waals surface area contributed by atoms with Gasteiger partial charge in [-0.3, -0.25) is 4.99 Å². The highest BCUT2D eigenvalue weighted by atomic mass is 32.1. The monoisotopic (exact) mass is 442 g/mol. The number of ether oxygens (including phenoxy) is 1. The van der Waals surface area contributed by atoms with Crippen LogP contribution in [0, 0.1) is 6.92 Å². The lowest BCUT2D eigenvalue weighted by atomic mass is 9.88. The molecular weight excluding hydrogens is 413 g/mol. The summed E-state index contributed by atoms with van der Waals surface area (Å²) < 4.78 is 48.0. The SMILES string of the molecule is CC/C(C)=N\c1c(C(OC(C)(C)C(C)(C)O)C(F)(F)F)ccc(-c2nccs2)c1C. The Bertz CT molecular complexity index is 898. The molecule has 1 aromatic heterocycles. The largest absolute Gasteiger partial charge is 0.418 e. The van der Waals surface area contributed by atoms with Crippen LogP contribution in [-0.2, 0) is 4.74 Å². The fourth-order valence-electron chi connectivity index (χ4n) is 2.68. The minimum Gasteiger partial charge on any atom is -0.387 e. The lowest BCUT2D eigenvalue weighted by Gasteiger charge is -2.40. The average Bonchev–Trinajstić information content (AvgIpc) is 3.14. The van der Waals surface area contributed by atoms with Gasteiger partial charge in [-0.1, -0.05) is 19.1 Å². The maximum Gasteiger partial charge on any atom is 0.418 e. The van der Waals surface area contributed by atoms with Crippen LogP contribution in [0.3, 0.4) is 0 Å². The number of rotatable bonds is 7. The van der Waals surface area contributed by atoms with Crippen molar-refractivity contribution in [1.29, 1.82) is 0 Å². The summed E-state index contributed by atoms with van der Waals surface area (Å²) >= 11 is 1.41. The van der Waals surface area contributed by atoms with Crippen LogP contribution >= 0.6 is 11.3 Å². The Morgan fingerprint density at radius 2 is 1.87 bits per heavy atom. The fraction of sp³-hybridized carbons (Fsp3) is 0.545. The summed E-state index contributed by atoms with van der Waals surface area (Å²) in [5.41, 5.74) is -0.752. The Morgan fingerprint density at radius 1 is 1.23 bits per heavy atom. The number of aliphatic imine (C=N–C) groups is 1. The molecule has 0 bridgehead atoms. The number of thiazole rings is 1. The second-order valence-corrected chi connectivity index (χ2v) is 9.22. The lowest BCUT2D eigenvalue weighted by Crippen LogP contribution is -2.49. The molecule has 1 N–H and O–H groups in total. The molecule has 0 saturated heterocycles. The Labute approximate surface area is 179 Å². The smallest absolute Gasteiger partial charge is 0.387 e. The zero-order valence-corrected chi connectivity index (χ0v) is 19.2. The number of hydrogen-bond donors (Lipinski definition) is 1. The highest BCUT2D eigenvalue weighted by Gasteiger charge is 2.49. The van der Waals surface area contributed by atoms with Gasteiger partial charge < -0.3 is 9.84 Å². The van der Waals surface area contributed by atoms with Gasteiger partial charge in [0.25, 0.3) is 0 Å². The molecule has 0 aliphatic heterocycles. The van der Waals surface area contributed by atoms with Crippen molar-refractivity contribution in [2.24, 2.45) is 4.99 Å². The fourth-order valence-corrected chi connectivity index (χ4v) is 3.41. The van der Waals surface area contributed by atoms with E-state index in [0.717, 1.165) is 5.56 Å². The normalized spacial score (nSPS) is 14.8. The summed E-state index contributed by atoms with van der Waals surface area (Å²) in [6.45, 7) is 11.2. The van der Waals surface area contributed by atoms with E-state index in [2.05, 4.69) is 9.98 Å². The second kappa shape index (κ2) is 8.77. The van der Waals surface area contributed by atoms with Gasteiger partial charge >= 0.3 is 6.18 Å². The molecule has 8 heteroatoms. The molecule has 0 amide bonds. The van der Waals surface area contributed by atoms with Gasteiger partial charge in [0.2, 0.25) is 0 Å². The van der Waals surface area contributed by atoms with Crippen molar-refractivity contribution in [3.8, 4) is 10.6 Å². The first kappa shape index (κ1) is 24.5. The van der Waals surface area contributed by atoms with Crippen LogP contribution in [0.4, 0.5) is 18.9 Å². The molecule has 0 fully saturated rings. The van der Waals surface area contributed by atoms with Crippen LogP contribution in [0.25, 0.3) is 10.6 Å². The van der Waals surface area contributed by atoms with E-state index in [0.29, 0.717) is 22.7 Å². The molecule has 166 valence electrons. The van der Waals surface area contributed by atoms with E-state index in [4.69, 9.17) is 4.74 Å². The van der Waals surface area contributed by atoms with Crippen LogP contribution in [0.2, 0.25) is 0 Å². The molecular formula is C22H29F3N2O2S. The Kier molecular flexibility index (Phi) is 7.16. The third kappa shape index (κ3) is 5.28. The second-order valence-electron chi connectivity index (χ2n) is 8.32. The van der Waals surface area contributed by atoms with Gasteiger partial charge in [-0.15, -0.1) is 11.3 Å². The summed E-state index contributed by atoms with van der Waals surface area (Å²) in [5.74, 6) is 0. The quantitative estimate of drug-likeness (QED) is 0.480. The molecule has 2 rings (SSSR count). The molecule has 0 radical (unpaired) electrons. The molecule has 4 nitrogen and oxygen atoms in total. The maximum absolute atomic E-state index is 14.2. The van der Waals surface area contributed by atoms with E-state index in [1.807, 2.05) is 12.3 Å². The first-order chi connectivity index (χ1) is 13.7. The summed E-state index contributed by atoms with van der Waals surface area (Å²) in [7, 11) is 0. The molecule has 2 aromatic rings. The van der Waals surface area contributed by atoms with Gasteiger partial charge in [-0.2, -0.15) is 13.2 Å². The number of aromatic nitrogens is 1. The van der Waals surface area contributed by atoms with Crippen molar-refractivity contribution in [2.45, 2.75) is 78.4 Å². The van der Waals surface area contributed by atoms with Gasteiger partial charge in [-0.25, -0.2) is 4.98 Å². The highest BCUT2D eigenvalue weighted by Crippen LogP contribution is 2.47. The van der Waals surface area contributed by atoms with Crippen LogP contribution in [-0.4, -0.2) is 33.2 Å². The Balaban J connectivity index is 2.73. The molecule has 0 saturated carbocycles. The van der Waals surface area contributed by atoms with Crippen LogP contribution in [0.15, 0.2) is 28.7 Å². The van der Waals surface area contributed by atoms with E-state index in [9.17, 15) is 18.3 Å². The van der Waals surface area contributed by atoms with E-state index in [-0.39, 0.29) is 11.3 Å². The molecule has 30 heavy (non-hydrogen) atoms. The number of nitrogens with zero attached hydrogens (tertiary/aromatic N) is 2. The summed E-state index contributed by atoms with van der Waals surface area (Å²) in [6.07, 6.45) is -4.68.